The normalized spacial score (nSPS) is 27.8. The van der Waals surface area contributed by atoms with E-state index in [1.165, 1.54) is 11.1 Å². The van der Waals surface area contributed by atoms with Gasteiger partial charge in [-0.05, 0) is 49.7 Å². The lowest BCUT2D eigenvalue weighted by Crippen LogP contribution is -2.45. The number of amides is 1. The summed E-state index contributed by atoms with van der Waals surface area (Å²) >= 11 is 0. The van der Waals surface area contributed by atoms with Crippen molar-refractivity contribution in [3.05, 3.63) is 29.3 Å². The minimum absolute atomic E-state index is 0.109. The van der Waals surface area contributed by atoms with Crippen molar-refractivity contribution in [3.63, 3.8) is 0 Å². The number of rotatable bonds is 3. The fourth-order valence-corrected chi connectivity index (χ4v) is 3.50. The van der Waals surface area contributed by atoms with Gasteiger partial charge in [-0.15, -0.1) is 0 Å². The topological polar surface area (TPSA) is 61.4 Å². The van der Waals surface area contributed by atoms with Crippen molar-refractivity contribution in [2.45, 2.75) is 51.1 Å². The first-order chi connectivity index (χ1) is 10.2. The molecule has 1 unspecified atom stereocenters. The summed E-state index contributed by atoms with van der Waals surface area (Å²) in [4.78, 5) is 12.4. The molecule has 1 aliphatic carbocycles. The molecular formula is C17H24N2O2. The number of aliphatic hydroxyl groups is 1. The highest BCUT2D eigenvalue weighted by atomic mass is 16.3. The Morgan fingerprint density at radius 1 is 1.33 bits per heavy atom. The van der Waals surface area contributed by atoms with Crippen LogP contribution in [0.1, 0.15) is 36.8 Å². The van der Waals surface area contributed by atoms with Crippen LogP contribution in [0.4, 0.5) is 5.69 Å². The molecular weight excluding hydrogens is 264 g/mol. The largest absolute Gasteiger partial charge is 0.396 e. The van der Waals surface area contributed by atoms with Crippen molar-refractivity contribution < 1.29 is 9.90 Å². The molecule has 21 heavy (non-hydrogen) atoms. The lowest BCUT2D eigenvalue weighted by atomic mass is 9.86. The number of carbonyl (C=O) groups excluding carboxylic acids is 1. The number of anilines is 1. The number of benzene rings is 1. The van der Waals surface area contributed by atoms with E-state index in [1.54, 1.807) is 0 Å². The maximum Gasteiger partial charge on any atom is 0.243 e. The van der Waals surface area contributed by atoms with Gasteiger partial charge < -0.3 is 15.7 Å². The molecule has 1 atom stereocenters. The highest BCUT2D eigenvalue weighted by Gasteiger charge is 2.30. The lowest BCUT2D eigenvalue weighted by Gasteiger charge is -2.28. The fraction of sp³-hybridized carbons (Fsp3) is 0.588. The average Bonchev–Trinajstić information content (AvgIpc) is 2.94. The molecule has 1 aromatic carbocycles. The van der Waals surface area contributed by atoms with E-state index >= 15 is 0 Å². The molecule has 1 aromatic rings. The highest BCUT2D eigenvalue weighted by Crippen LogP contribution is 2.29. The SMILES string of the molecule is Cc1cccc2c1NC(C(=O)N[C@H]1CC[C@@H](CO)CC1)C2. The number of hydrogen-bond donors (Lipinski definition) is 3. The van der Waals surface area contributed by atoms with Crippen molar-refractivity contribution in [3.8, 4) is 0 Å². The van der Waals surface area contributed by atoms with Crippen LogP contribution in [0.15, 0.2) is 18.2 Å². The van der Waals surface area contributed by atoms with Gasteiger partial charge in [0, 0.05) is 24.8 Å². The van der Waals surface area contributed by atoms with E-state index in [1.807, 2.05) is 6.07 Å². The number of nitrogens with one attached hydrogen (secondary N) is 2. The third-order valence-corrected chi connectivity index (χ3v) is 4.87. The highest BCUT2D eigenvalue weighted by molar-refractivity contribution is 5.88. The molecule has 2 aliphatic rings. The summed E-state index contributed by atoms with van der Waals surface area (Å²) in [6, 6.07) is 6.34. The van der Waals surface area contributed by atoms with Crippen LogP contribution < -0.4 is 10.6 Å². The van der Waals surface area contributed by atoms with Crippen LogP contribution in [0.5, 0.6) is 0 Å². The molecule has 4 nitrogen and oxygen atoms in total. The van der Waals surface area contributed by atoms with Gasteiger partial charge in [0.15, 0.2) is 0 Å². The minimum Gasteiger partial charge on any atom is -0.396 e. The number of carbonyl (C=O) groups is 1. The Morgan fingerprint density at radius 3 is 2.76 bits per heavy atom. The maximum atomic E-state index is 12.4. The van der Waals surface area contributed by atoms with Gasteiger partial charge in [-0.3, -0.25) is 4.79 Å². The number of aryl methyl sites for hydroxylation is 1. The van der Waals surface area contributed by atoms with Crippen molar-refractivity contribution in [2.75, 3.05) is 11.9 Å². The minimum atomic E-state index is -0.142. The number of hydrogen-bond acceptors (Lipinski definition) is 3. The summed E-state index contributed by atoms with van der Waals surface area (Å²) in [6.45, 7) is 2.35. The van der Waals surface area contributed by atoms with Crippen LogP contribution in [0.2, 0.25) is 0 Å². The van der Waals surface area contributed by atoms with Crippen LogP contribution in [-0.2, 0) is 11.2 Å². The third kappa shape index (κ3) is 3.05. The molecule has 1 amide bonds. The summed E-state index contributed by atoms with van der Waals surface area (Å²) in [5, 5.41) is 15.7. The smallest absolute Gasteiger partial charge is 0.243 e. The van der Waals surface area contributed by atoms with Gasteiger partial charge in [0.25, 0.3) is 0 Å². The van der Waals surface area contributed by atoms with Crippen molar-refractivity contribution >= 4 is 11.6 Å². The molecule has 1 saturated carbocycles. The average molecular weight is 288 g/mol. The van der Waals surface area contributed by atoms with Gasteiger partial charge in [0.1, 0.15) is 6.04 Å². The summed E-state index contributed by atoms with van der Waals surface area (Å²) in [6.07, 6.45) is 4.76. The standard InChI is InChI=1S/C17H24N2O2/c1-11-3-2-4-13-9-15(19-16(11)13)17(21)18-14-7-5-12(10-20)6-8-14/h2-4,12,14-15,19-20H,5-10H2,1H3,(H,18,21)/t12-,14+,15?. The zero-order valence-electron chi connectivity index (χ0n) is 12.6. The molecule has 0 saturated heterocycles. The Morgan fingerprint density at radius 2 is 2.10 bits per heavy atom. The predicted molar refractivity (Wildman–Crippen MR) is 83.3 cm³/mol. The first-order valence-electron chi connectivity index (χ1n) is 7.93. The van der Waals surface area contributed by atoms with Crippen molar-refractivity contribution in [2.24, 2.45) is 5.92 Å². The Balaban J connectivity index is 1.55. The number of aliphatic hydroxyl groups excluding tert-OH is 1. The monoisotopic (exact) mass is 288 g/mol. The molecule has 1 heterocycles. The van der Waals surface area contributed by atoms with Crippen LogP contribution in [0, 0.1) is 12.8 Å². The maximum absolute atomic E-state index is 12.4. The molecule has 0 bridgehead atoms. The lowest BCUT2D eigenvalue weighted by molar-refractivity contribution is -0.122. The van der Waals surface area contributed by atoms with Crippen LogP contribution in [-0.4, -0.2) is 29.7 Å². The number of para-hydroxylation sites is 1. The Bertz CT molecular complexity index is 522. The van der Waals surface area contributed by atoms with E-state index in [-0.39, 0.29) is 24.6 Å². The molecule has 114 valence electrons. The number of fused-ring (bicyclic) bond motifs is 1. The van der Waals surface area contributed by atoms with Crippen molar-refractivity contribution in [1.29, 1.82) is 0 Å². The summed E-state index contributed by atoms with van der Waals surface area (Å²) in [5.74, 6) is 0.535. The molecule has 3 rings (SSSR count). The van der Waals surface area contributed by atoms with E-state index in [0.29, 0.717) is 5.92 Å². The van der Waals surface area contributed by atoms with Crippen LogP contribution >= 0.6 is 0 Å². The van der Waals surface area contributed by atoms with Gasteiger partial charge in [0.05, 0.1) is 0 Å². The summed E-state index contributed by atoms with van der Waals surface area (Å²) in [7, 11) is 0. The summed E-state index contributed by atoms with van der Waals surface area (Å²) < 4.78 is 0. The summed E-state index contributed by atoms with van der Waals surface area (Å²) in [5.41, 5.74) is 3.56. The van der Waals surface area contributed by atoms with Gasteiger partial charge in [-0.2, -0.15) is 0 Å². The van der Waals surface area contributed by atoms with Crippen LogP contribution in [0.3, 0.4) is 0 Å². The Hall–Kier alpha value is -1.55. The molecule has 3 N–H and O–H groups in total. The molecule has 4 heteroatoms. The molecule has 1 fully saturated rings. The third-order valence-electron chi connectivity index (χ3n) is 4.87. The first kappa shape index (κ1) is 14.4. The van der Waals surface area contributed by atoms with Crippen LogP contribution in [0.25, 0.3) is 0 Å². The zero-order valence-corrected chi connectivity index (χ0v) is 12.6. The van der Waals surface area contributed by atoms with Gasteiger partial charge >= 0.3 is 0 Å². The molecule has 0 aromatic heterocycles. The van der Waals surface area contributed by atoms with E-state index in [0.717, 1.165) is 37.8 Å². The predicted octanol–water partition coefficient (Wildman–Crippen LogP) is 2.00. The Labute approximate surface area is 125 Å². The van der Waals surface area contributed by atoms with E-state index in [9.17, 15) is 4.79 Å². The van der Waals surface area contributed by atoms with Gasteiger partial charge in [-0.25, -0.2) is 0 Å². The van der Waals surface area contributed by atoms with E-state index < -0.39 is 0 Å². The van der Waals surface area contributed by atoms with E-state index in [4.69, 9.17) is 5.11 Å². The van der Waals surface area contributed by atoms with Gasteiger partial charge in [-0.1, -0.05) is 18.2 Å². The van der Waals surface area contributed by atoms with Crippen molar-refractivity contribution in [1.82, 2.24) is 5.32 Å². The second-order valence-electron chi connectivity index (χ2n) is 6.42. The fourth-order valence-electron chi connectivity index (χ4n) is 3.50. The molecule has 0 radical (unpaired) electrons. The molecule has 0 spiro atoms. The second kappa shape index (κ2) is 6.06. The quantitative estimate of drug-likeness (QED) is 0.797. The first-order valence-corrected chi connectivity index (χ1v) is 7.93. The second-order valence-corrected chi connectivity index (χ2v) is 6.42. The Kier molecular flexibility index (Phi) is 4.15. The van der Waals surface area contributed by atoms with Gasteiger partial charge in [0.2, 0.25) is 5.91 Å². The molecule has 1 aliphatic heterocycles. The van der Waals surface area contributed by atoms with E-state index in [2.05, 4.69) is 29.7 Å². The zero-order chi connectivity index (χ0) is 14.8.